The van der Waals surface area contributed by atoms with Gasteiger partial charge in [0.05, 0.1) is 0 Å². The van der Waals surface area contributed by atoms with E-state index >= 15 is 0 Å². The third-order valence-electron chi connectivity index (χ3n) is 3.22. The molecule has 0 amide bonds. The molecule has 21 heavy (non-hydrogen) atoms. The fraction of sp³-hybridized carbons (Fsp3) is 0.875. The van der Waals surface area contributed by atoms with Crippen LogP contribution in [0.25, 0.3) is 0 Å². The van der Waals surface area contributed by atoms with Crippen LogP contribution in [0.5, 0.6) is 0 Å². The summed E-state index contributed by atoms with van der Waals surface area (Å²) in [6.45, 7) is 4.28. The third kappa shape index (κ3) is 15.1. The topological polar surface area (TPSA) is 61.8 Å². The summed E-state index contributed by atoms with van der Waals surface area (Å²) >= 11 is 0. The summed E-state index contributed by atoms with van der Waals surface area (Å²) in [5.41, 5.74) is 0. The van der Waals surface area contributed by atoms with Gasteiger partial charge in [0.2, 0.25) is 0 Å². The second-order valence-corrected chi connectivity index (χ2v) is 5.31. The highest BCUT2D eigenvalue weighted by molar-refractivity contribution is 5.69. The molecule has 5 heteroatoms. The fourth-order valence-corrected chi connectivity index (χ4v) is 1.92. The van der Waals surface area contributed by atoms with E-state index in [0.717, 1.165) is 38.5 Å². The third-order valence-corrected chi connectivity index (χ3v) is 3.22. The number of hydrogen-bond acceptors (Lipinski definition) is 5. The van der Waals surface area contributed by atoms with Crippen LogP contribution in [-0.4, -0.2) is 11.9 Å². The number of rotatable bonds is 14. The molecule has 0 atom stereocenters. The molecule has 0 heterocycles. The van der Waals surface area contributed by atoms with Crippen LogP contribution in [0.1, 0.15) is 90.9 Å². The second kappa shape index (κ2) is 15.3. The quantitative estimate of drug-likeness (QED) is 0.266. The van der Waals surface area contributed by atoms with Crippen LogP contribution in [0.3, 0.4) is 0 Å². The average molecular weight is 302 g/mol. The van der Waals surface area contributed by atoms with Crippen LogP contribution in [0, 0.1) is 0 Å². The van der Waals surface area contributed by atoms with Gasteiger partial charge in [0.15, 0.2) is 0 Å². The molecule has 0 rings (SSSR count). The van der Waals surface area contributed by atoms with Gasteiger partial charge in [-0.05, 0) is 12.8 Å². The zero-order chi connectivity index (χ0) is 15.8. The van der Waals surface area contributed by atoms with Crippen molar-refractivity contribution < 1.29 is 24.4 Å². The Hall–Kier alpha value is -1.10. The molecule has 0 aromatic heterocycles. The van der Waals surface area contributed by atoms with Crippen LogP contribution < -0.4 is 0 Å². The monoisotopic (exact) mass is 302 g/mol. The second-order valence-electron chi connectivity index (χ2n) is 5.31. The molecule has 0 aromatic carbocycles. The molecule has 0 aliphatic carbocycles. The van der Waals surface area contributed by atoms with Gasteiger partial charge in [0, 0.05) is 17.9 Å². The van der Waals surface area contributed by atoms with E-state index in [9.17, 15) is 9.59 Å². The van der Waals surface area contributed by atoms with Gasteiger partial charge in [-0.25, -0.2) is 9.59 Å². The number of carbonyl (C=O) groups excluding carboxylic acids is 2. The van der Waals surface area contributed by atoms with E-state index in [2.05, 4.69) is 28.7 Å². The lowest BCUT2D eigenvalue weighted by atomic mass is 10.1. The van der Waals surface area contributed by atoms with Crippen LogP contribution in [0.2, 0.25) is 0 Å². The molecular formula is C16H30O5. The van der Waals surface area contributed by atoms with Crippen molar-refractivity contribution in [2.45, 2.75) is 90.9 Å². The van der Waals surface area contributed by atoms with Gasteiger partial charge < -0.3 is 0 Å². The molecule has 0 bridgehead atoms. The van der Waals surface area contributed by atoms with Gasteiger partial charge in [0.25, 0.3) is 0 Å². The molecule has 0 aliphatic rings. The molecule has 0 radical (unpaired) electrons. The van der Waals surface area contributed by atoms with E-state index in [4.69, 9.17) is 0 Å². The Labute approximate surface area is 128 Å². The van der Waals surface area contributed by atoms with Crippen molar-refractivity contribution in [2.24, 2.45) is 0 Å². The zero-order valence-corrected chi connectivity index (χ0v) is 13.5. The highest BCUT2D eigenvalue weighted by Crippen LogP contribution is 2.07. The summed E-state index contributed by atoms with van der Waals surface area (Å²) in [6.07, 6.45) is 11.1. The maximum atomic E-state index is 11.3. The Kier molecular flexibility index (Phi) is 14.5. The van der Waals surface area contributed by atoms with E-state index in [1.165, 1.54) is 25.7 Å². The first-order valence-electron chi connectivity index (χ1n) is 8.27. The van der Waals surface area contributed by atoms with Gasteiger partial charge in [-0.15, -0.1) is 0 Å². The van der Waals surface area contributed by atoms with Crippen LogP contribution in [-0.2, 0) is 24.4 Å². The van der Waals surface area contributed by atoms with E-state index in [0.29, 0.717) is 0 Å². The van der Waals surface area contributed by atoms with E-state index in [-0.39, 0.29) is 12.8 Å². The largest absolute Gasteiger partial charge is 0.346 e. The number of carbonyl (C=O) groups is 2. The lowest BCUT2D eigenvalue weighted by Crippen LogP contribution is -2.10. The van der Waals surface area contributed by atoms with E-state index < -0.39 is 11.9 Å². The van der Waals surface area contributed by atoms with Gasteiger partial charge in [0.1, 0.15) is 0 Å². The zero-order valence-electron chi connectivity index (χ0n) is 13.5. The molecule has 124 valence electrons. The van der Waals surface area contributed by atoms with Crippen molar-refractivity contribution in [3.05, 3.63) is 0 Å². The fourth-order valence-electron chi connectivity index (χ4n) is 1.92. The number of hydrogen-bond donors (Lipinski definition) is 0. The van der Waals surface area contributed by atoms with Crippen molar-refractivity contribution in [3.63, 3.8) is 0 Å². The van der Waals surface area contributed by atoms with Crippen molar-refractivity contribution >= 4 is 11.9 Å². The summed E-state index contributed by atoms with van der Waals surface area (Å²) in [7, 11) is 0. The maximum Gasteiger partial charge on any atom is 0.346 e. The van der Waals surface area contributed by atoms with Gasteiger partial charge in [-0.1, -0.05) is 65.2 Å². The predicted octanol–water partition coefficient (Wildman–Crippen LogP) is 4.64. The molecule has 5 nitrogen and oxygen atoms in total. The molecule has 0 N–H and O–H groups in total. The van der Waals surface area contributed by atoms with Gasteiger partial charge >= 0.3 is 11.9 Å². The lowest BCUT2D eigenvalue weighted by Gasteiger charge is -2.03. The smallest absolute Gasteiger partial charge is 0.260 e. The highest BCUT2D eigenvalue weighted by Gasteiger charge is 2.08. The molecule has 0 aromatic rings. The van der Waals surface area contributed by atoms with Crippen molar-refractivity contribution in [1.29, 1.82) is 0 Å². The Balaban J connectivity index is 3.34. The maximum absolute atomic E-state index is 11.3. The molecule has 0 saturated carbocycles. The van der Waals surface area contributed by atoms with Crippen LogP contribution in [0.15, 0.2) is 0 Å². The normalized spacial score (nSPS) is 10.4. The predicted molar refractivity (Wildman–Crippen MR) is 80.0 cm³/mol. The summed E-state index contributed by atoms with van der Waals surface area (Å²) in [5, 5.41) is 4.21. The standard InChI is InChI=1S/C16H30O5/c1-3-5-7-9-11-13-15(17)19-21-20-16(18)14-12-10-8-6-4-2/h3-14H2,1-2H3. The molecular weight excluding hydrogens is 272 g/mol. The average Bonchev–Trinajstić information content (AvgIpc) is 2.47. The Bertz CT molecular complexity index is 239. The lowest BCUT2D eigenvalue weighted by molar-refractivity contribution is -0.459. The number of unbranched alkanes of at least 4 members (excludes halogenated alkanes) is 8. The van der Waals surface area contributed by atoms with E-state index in [1.54, 1.807) is 0 Å². The summed E-state index contributed by atoms with van der Waals surface area (Å²) < 4.78 is 0. The first kappa shape index (κ1) is 19.9. The minimum atomic E-state index is -0.498. The molecule has 0 unspecified atom stereocenters. The Morgan fingerprint density at radius 2 is 1.00 bits per heavy atom. The minimum absolute atomic E-state index is 0.290. The summed E-state index contributed by atoms with van der Waals surface area (Å²) in [5.74, 6) is -0.996. The summed E-state index contributed by atoms with van der Waals surface area (Å²) in [6, 6.07) is 0. The van der Waals surface area contributed by atoms with Gasteiger partial charge in [-0.3, -0.25) is 9.78 Å². The molecule has 0 spiro atoms. The first-order chi connectivity index (χ1) is 10.2. The van der Waals surface area contributed by atoms with Crippen molar-refractivity contribution in [3.8, 4) is 0 Å². The molecule has 0 aliphatic heterocycles. The summed E-state index contributed by atoms with van der Waals surface area (Å²) in [4.78, 5) is 31.3. The minimum Gasteiger partial charge on any atom is -0.260 e. The first-order valence-corrected chi connectivity index (χ1v) is 8.27. The van der Waals surface area contributed by atoms with Crippen molar-refractivity contribution in [2.75, 3.05) is 0 Å². The Morgan fingerprint density at radius 1 is 0.619 bits per heavy atom. The highest BCUT2D eigenvalue weighted by atomic mass is 17.5. The molecule has 0 saturated heterocycles. The Morgan fingerprint density at radius 3 is 1.38 bits per heavy atom. The van der Waals surface area contributed by atoms with Crippen LogP contribution in [0.4, 0.5) is 0 Å². The van der Waals surface area contributed by atoms with Crippen molar-refractivity contribution in [1.82, 2.24) is 0 Å². The molecule has 0 fully saturated rings. The van der Waals surface area contributed by atoms with E-state index in [1.807, 2.05) is 0 Å². The van der Waals surface area contributed by atoms with Crippen LogP contribution >= 0.6 is 0 Å². The van der Waals surface area contributed by atoms with Gasteiger partial charge in [-0.2, -0.15) is 0 Å². The SMILES string of the molecule is CCCCCCCC(=O)OOOC(=O)CCCCCCC.